The highest BCUT2D eigenvalue weighted by molar-refractivity contribution is 6.29. The van der Waals surface area contributed by atoms with Crippen LogP contribution >= 0.6 is 11.6 Å². The third-order valence-corrected chi connectivity index (χ3v) is 5.52. The zero-order valence-electron chi connectivity index (χ0n) is 15.4. The molecule has 4 heterocycles. The van der Waals surface area contributed by atoms with Gasteiger partial charge in [-0.25, -0.2) is 14.5 Å². The monoisotopic (exact) mass is 459 g/mol. The summed E-state index contributed by atoms with van der Waals surface area (Å²) in [5, 5.41) is 4.37. The summed E-state index contributed by atoms with van der Waals surface area (Å²) >= 11 is 6.07. The second kappa shape index (κ2) is 6.59. The van der Waals surface area contributed by atoms with E-state index in [0.717, 1.165) is 9.96 Å². The van der Waals surface area contributed by atoms with Crippen LogP contribution < -0.4 is 0 Å². The van der Waals surface area contributed by atoms with Crippen molar-refractivity contribution in [1.82, 2.24) is 24.0 Å². The summed E-state index contributed by atoms with van der Waals surface area (Å²) in [5.41, 5.74) is 0.315. The van der Waals surface area contributed by atoms with E-state index in [4.69, 9.17) is 11.6 Å². The van der Waals surface area contributed by atoms with Crippen molar-refractivity contribution < 1.29 is 26.3 Å². The van der Waals surface area contributed by atoms with Gasteiger partial charge in [-0.3, -0.25) is 0 Å². The molecule has 1 aliphatic rings. The number of alkyl halides is 6. The molecule has 1 aliphatic carbocycles. The van der Waals surface area contributed by atoms with E-state index in [1.807, 2.05) is 0 Å². The van der Waals surface area contributed by atoms with Crippen LogP contribution in [0.4, 0.5) is 26.3 Å². The maximum absolute atomic E-state index is 13.3. The van der Waals surface area contributed by atoms with Gasteiger partial charge in [-0.15, -0.1) is 0 Å². The maximum Gasteiger partial charge on any atom is 0.435 e. The van der Waals surface area contributed by atoms with Gasteiger partial charge in [0, 0.05) is 24.2 Å². The summed E-state index contributed by atoms with van der Waals surface area (Å²) in [6.07, 6.45) is -5.93. The van der Waals surface area contributed by atoms with Gasteiger partial charge in [-0.05, 0) is 36.0 Å². The molecule has 4 aromatic rings. The minimum absolute atomic E-state index is 0.0282. The van der Waals surface area contributed by atoms with E-state index < -0.39 is 35.8 Å². The number of imidazole rings is 2. The molecule has 0 amide bonds. The van der Waals surface area contributed by atoms with Crippen LogP contribution in [0, 0.1) is 0 Å². The quantitative estimate of drug-likeness (QED) is 0.384. The molecule has 5 nitrogen and oxygen atoms in total. The second-order valence-electron chi connectivity index (χ2n) is 7.45. The first kappa shape index (κ1) is 20.1. The molecule has 162 valence electrons. The van der Waals surface area contributed by atoms with Crippen LogP contribution in [-0.4, -0.2) is 30.2 Å². The SMILES string of the molecule is FC(F)(F)Cc1nc(C(F)(F)F)c2ccc([C@H]3CC3c3cc(Cl)nn4ccnc34)cn12. The van der Waals surface area contributed by atoms with Crippen molar-refractivity contribution in [3.8, 4) is 0 Å². The standard InChI is InChI=1S/C19H12ClF6N5/c20-14-6-12(17-27-3-4-31(17)29-14)11-5-10(11)9-1-2-13-16(19(24,25)26)28-15(30(13)8-9)7-18(21,22)23/h1-4,6,8,10-11H,5,7H2/t10-,11?/m1/s1. The minimum atomic E-state index is -4.86. The van der Waals surface area contributed by atoms with Gasteiger partial charge < -0.3 is 4.40 Å². The van der Waals surface area contributed by atoms with E-state index in [1.165, 1.54) is 22.8 Å². The molecule has 0 saturated heterocycles. The van der Waals surface area contributed by atoms with Gasteiger partial charge >= 0.3 is 12.4 Å². The Balaban J connectivity index is 1.56. The Morgan fingerprint density at radius 1 is 1.10 bits per heavy atom. The van der Waals surface area contributed by atoms with Crippen LogP contribution in [-0.2, 0) is 12.6 Å². The van der Waals surface area contributed by atoms with Gasteiger partial charge in [0.1, 0.15) is 17.4 Å². The Morgan fingerprint density at radius 2 is 1.87 bits per heavy atom. The summed E-state index contributed by atoms with van der Waals surface area (Å²) < 4.78 is 81.1. The number of pyridine rings is 1. The lowest BCUT2D eigenvalue weighted by Gasteiger charge is -2.08. The normalized spacial score (nSPS) is 19.5. The zero-order chi connectivity index (χ0) is 22.1. The lowest BCUT2D eigenvalue weighted by atomic mass is 10.1. The Hall–Kier alpha value is -2.82. The van der Waals surface area contributed by atoms with Crippen LogP contribution in [0.1, 0.15) is 40.9 Å². The predicted octanol–water partition coefficient (Wildman–Crippen LogP) is 5.43. The molecule has 5 rings (SSSR count). The van der Waals surface area contributed by atoms with E-state index in [1.54, 1.807) is 18.5 Å². The highest BCUT2D eigenvalue weighted by Gasteiger charge is 2.43. The number of rotatable bonds is 3. The molecule has 0 aliphatic heterocycles. The van der Waals surface area contributed by atoms with E-state index in [2.05, 4.69) is 15.1 Å². The average Bonchev–Trinajstić information content (AvgIpc) is 3.17. The van der Waals surface area contributed by atoms with Crippen LogP contribution in [0.25, 0.3) is 11.2 Å². The van der Waals surface area contributed by atoms with Crippen molar-refractivity contribution in [2.24, 2.45) is 0 Å². The van der Waals surface area contributed by atoms with Gasteiger partial charge in [0.05, 0.1) is 5.52 Å². The molecular weight excluding hydrogens is 448 g/mol. The molecular formula is C19H12ClF6N5. The summed E-state index contributed by atoms with van der Waals surface area (Å²) in [7, 11) is 0. The molecule has 0 bridgehead atoms. The van der Waals surface area contributed by atoms with Crippen molar-refractivity contribution in [3.05, 3.63) is 64.6 Å². The molecule has 0 radical (unpaired) electrons. The smallest absolute Gasteiger partial charge is 0.303 e. The van der Waals surface area contributed by atoms with Gasteiger partial charge in [-0.2, -0.15) is 31.4 Å². The molecule has 1 unspecified atom stereocenters. The van der Waals surface area contributed by atoms with Crippen molar-refractivity contribution in [1.29, 1.82) is 0 Å². The predicted molar refractivity (Wildman–Crippen MR) is 98.0 cm³/mol. The Morgan fingerprint density at radius 3 is 2.58 bits per heavy atom. The maximum atomic E-state index is 13.3. The average molecular weight is 460 g/mol. The van der Waals surface area contributed by atoms with Gasteiger partial charge in [0.25, 0.3) is 0 Å². The molecule has 1 saturated carbocycles. The third-order valence-electron chi connectivity index (χ3n) is 5.34. The number of nitrogens with zero attached hydrogens (tertiary/aromatic N) is 5. The third kappa shape index (κ3) is 3.60. The lowest BCUT2D eigenvalue weighted by Crippen LogP contribution is -2.14. The lowest BCUT2D eigenvalue weighted by molar-refractivity contribution is -0.141. The van der Waals surface area contributed by atoms with Crippen LogP contribution in [0.5, 0.6) is 0 Å². The molecule has 1 fully saturated rings. The van der Waals surface area contributed by atoms with E-state index in [9.17, 15) is 26.3 Å². The van der Waals surface area contributed by atoms with Gasteiger partial charge in [-0.1, -0.05) is 17.7 Å². The second-order valence-corrected chi connectivity index (χ2v) is 7.84. The van der Waals surface area contributed by atoms with E-state index in [-0.39, 0.29) is 17.0 Å². The summed E-state index contributed by atoms with van der Waals surface area (Å²) in [5.74, 6) is -0.824. The van der Waals surface area contributed by atoms with E-state index >= 15 is 0 Å². The van der Waals surface area contributed by atoms with Crippen molar-refractivity contribution >= 4 is 22.8 Å². The molecule has 0 spiro atoms. The van der Waals surface area contributed by atoms with Crippen molar-refractivity contribution in [2.75, 3.05) is 0 Å². The fourth-order valence-electron chi connectivity index (χ4n) is 3.98. The largest absolute Gasteiger partial charge is 0.435 e. The fourth-order valence-corrected chi connectivity index (χ4v) is 4.18. The van der Waals surface area contributed by atoms with Crippen LogP contribution in [0.3, 0.4) is 0 Å². The number of aromatic nitrogens is 5. The summed E-state index contributed by atoms with van der Waals surface area (Å²) in [4.78, 5) is 7.53. The number of fused-ring (bicyclic) bond motifs is 2. The minimum Gasteiger partial charge on any atom is -0.303 e. The molecule has 0 aromatic carbocycles. The van der Waals surface area contributed by atoms with Gasteiger partial charge in [0.15, 0.2) is 11.3 Å². The number of halogens is 7. The topological polar surface area (TPSA) is 47.5 Å². The first-order chi connectivity index (χ1) is 14.5. The Bertz CT molecular complexity index is 1310. The number of hydrogen-bond donors (Lipinski definition) is 0. The van der Waals surface area contributed by atoms with Crippen LogP contribution in [0.2, 0.25) is 5.15 Å². The van der Waals surface area contributed by atoms with Crippen LogP contribution in [0.15, 0.2) is 36.8 Å². The van der Waals surface area contributed by atoms with E-state index in [0.29, 0.717) is 17.6 Å². The zero-order valence-corrected chi connectivity index (χ0v) is 16.2. The fraction of sp³-hybridized carbons (Fsp3) is 0.316. The highest BCUT2D eigenvalue weighted by Crippen LogP contribution is 2.55. The van der Waals surface area contributed by atoms with Crippen molar-refractivity contribution in [3.63, 3.8) is 0 Å². The first-order valence-electron chi connectivity index (χ1n) is 9.16. The first-order valence-corrected chi connectivity index (χ1v) is 9.54. The molecule has 4 aromatic heterocycles. The summed E-state index contributed by atoms with van der Waals surface area (Å²) in [6, 6.07) is 4.35. The Kier molecular flexibility index (Phi) is 4.27. The Labute approximate surface area is 175 Å². The van der Waals surface area contributed by atoms with Gasteiger partial charge in [0.2, 0.25) is 0 Å². The molecule has 2 atom stereocenters. The van der Waals surface area contributed by atoms with Crippen molar-refractivity contribution in [2.45, 2.75) is 37.0 Å². The summed E-state index contributed by atoms with van der Waals surface area (Å²) in [6.45, 7) is 0. The molecule has 12 heteroatoms. The molecule has 31 heavy (non-hydrogen) atoms. The highest BCUT2D eigenvalue weighted by atomic mass is 35.5. The number of hydrogen-bond acceptors (Lipinski definition) is 3. The molecule has 0 N–H and O–H groups in total.